The fourth-order valence-electron chi connectivity index (χ4n) is 5.01. The molecule has 0 heterocycles. The summed E-state index contributed by atoms with van der Waals surface area (Å²) in [6, 6.07) is 0. The van der Waals surface area contributed by atoms with Crippen molar-refractivity contribution in [3.05, 3.63) is 0 Å². The summed E-state index contributed by atoms with van der Waals surface area (Å²) in [5.74, 6) is 2.20. The Morgan fingerprint density at radius 1 is 1.10 bits per heavy atom. The zero-order chi connectivity index (χ0) is 14.3. The van der Waals surface area contributed by atoms with Crippen LogP contribution in [0.2, 0.25) is 0 Å². The highest BCUT2D eigenvalue weighted by atomic mass is 16.4. The maximum atomic E-state index is 12.4. The predicted molar refractivity (Wildman–Crippen MR) is 75.0 cm³/mol. The van der Waals surface area contributed by atoms with Crippen molar-refractivity contribution in [2.45, 2.75) is 45.4 Å². The molecule has 2 N–H and O–H groups in total. The average molecular weight is 279 g/mol. The van der Waals surface area contributed by atoms with Crippen LogP contribution in [0.4, 0.5) is 0 Å². The van der Waals surface area contributed by atoms with Gasteiger partial charge in [-0.05, 0) is 62.2 Å². The summed E-state index contributed by atoms with van der Waals surface area (Å²) in [5.41, 5.74) is 0. The van der Waals surface area contributed by atoms with Gasteiger partial charge in [-0.15, -0.1) is 0 Å². The molecule has 0 saturated heterocycles. The fourth-order valence-corrected chi connectivity index (χ4v) is 5.01. The zero-order valence-corrected chi connectivity index (χ0v) is 12.2. The second kappa shape index (κ2) is 5.38. The SMILES string of the molecule is CC(CCNC(=O)C1C2CC3CC(C2)CC1C3)C(=O)O. The molecule has 20 heavy (non-hydrogen) atoms. The van der Waals surface area contributed by atoms with Gasteiger partial charge in [-0.1, -0.05) is 6.92 Å². The van der Waals surface area contributed by atoms with E-state index in [9.17, 15) is 9.59 Å². The molecule has 0 aromatic heterocycles. The van der Waals surface area contributed by atoms with Gasteiger partial charge < -0.3 is 10.4 Å². The van der Waals surface area contributed by atoms with Crippen LogP contribution in [-0.4, -0.2) is 23.5 Å². The molecule has 1 amide bonds. The number of aliphatic carboxylic acids is 1. The Hall–Kier alpha value is -1.06. The molecule has 4 aliphatic carbocycles. The molecular weight excluding hydrogens is 254 g/mol. The topological polar surface area (TPSA) is 66.4 Å². The first kappa shape index (κ1) is 13.9. The molecule has 4 bridgehead atoms. The maximum Gasteiger partial charge on any atom is 0.306 e. The molecule has 1 unspecified atom stereocenters. The van der Waals surface area contributed by atoms with Crippen LogP contribution in [0.5, 0.6) is 0 Å². The molecule has 0 radical (unpaired) electrons. The number of carbonyl (C=O) groups is 2. The van der Waals surface area contributed by atoms with Crippen LogP contribution in [0.15, 0.2) is 0 Å². The van der Waals surface area contributed by atoms with Crippen LogP contribution >= 0.6 is 0 Å². The second-order valence-electron chi connectivity index (χ2n) is 7.28. The lowest BCUT2D eigenvalue weighted by Crippen LogP contribution is -2.51. The Balaban J connectivity index is 1.52. The van der Waals surface area contributed by atoms with Gasteiger partial charge in [0, 0.05) is 12.5 Å². The van der Waals surface area contributed by atoms with Gasteiger partial charge in [-0.25, -0.2) is 0 Å². The van der Waals surface area contributed by atoms with Gasteiger partial charge in [0.15, 0.2) is 0 Å². The molecule has 112 valence electrons. The Labute approximate surface area is 120 Å². The van der Waals surface area contributed by atoms with Gasteiger partial charge in [0.25, 0.3) is 0 Å². The molecule has 4 fully saturated rings. The Kier molecular flexibility index (Phi) is 3.74. The average Bonchev–Trinajstić information content (AvgIpc) is 2.37. The molecule has 1 atom stereocenters. The van der Waals surface area contributed by atoms with Gasteiger partial charge in [-0.2, -0.15) is 0 Å². The number of carboxylic acid groups (broad SMARTS) is 1. The van der Waals surface area contributed by atoms with Crippen LogP contribution in [0.1, 0.15) is 45.4 Å². The van der Waals surface area contributed by atoms with Crippen molar-refractivity contribution in [2.75, 3.05) is 6.54 Å². The molecule has 4 heteroatoms. The molecule has 4 nitrogen and oxygen atoms in total. The molecule has 4 aliphatic rings. The lowest BCUT2D eigenvalue weighted by atomic mass is 9.51. The molecule has 0 aromatic carbocycles. The number of rotatable bonds is 5. The number of hydrogen-bond acceptors (Lipinski definition) is 2. The molecule has 4 saturated carbocycles. The summed E-state index contributed by atoms with van der Waals surface area (Å²) in [6.45, 7) is 2.19. The van der Waals surface area contributed by atoms with Crippen LogP contribution < -0.4 is 5.32 Å². The highest BCUT2D eigenvalue weighted by Gasteiger charge is 2.50. The van der Waals surface area contributed by atoms with E-state index in [-0.39, 0.29) is 17.7 Å². The third-order valence-corrected chi connectivity index (χ3v) is 5.83. The van der Waals surface area contributed by atoms with Crippen molar-refractivity contribution in [1.29, 1.82) is 0 Å². The predicted octanol–water partition coefficient (Wildman–Crippen LogP) is 2.29. The van der Waals surface area contributed by atoms with Crippen LogP contribution in [0.25, 0.3) is 0 Å². The Morgan fingerprint density at radius 2 is 1.65 bits per heavy atom. The third kappa shape index (κ3) is 2.57. The van der Waals surface area contributed by atoms with Crippen molar-refractivity contribution in [2.24, 2.45) is 35.5 Å². The minimum atomic E-state index is -0.783. The largest absolute Gasteiger partial charge is 0.481 e. The van der Waals surface area contributed by atoms with Crippen LogP contribution in [0.3, 0.4) is 0 Å². The molecule has 4 rings (SSSR count). The number of amides is 1. The molecular formula is C16H25NO3. The van der Waals surface area contributed by atoms with E-state index in [0.29, 0.717) is 24.8 Å². The minimum Gasteiger partial charge on any atom is -0.481 e. The minimum absolute atomic E-state index is 0.191. The maximum absolute atomic E-state index is 12.4. The number of carboxylic acids is 1. The first-order valence-corrected chi connectivity index (χ1v) is 8.05. The third-order valence-electron chi connectivity index (χ3n) is 5.83. The summed E-state index contributed by atoms with van der Waals surface area (Å²) >= 11 is 0. The highest BCUT2D eigenvalue weighted by Crippen LogP contribution is 2.56. The van der Waals surface area contributed by atoms with Crippen LogP contribution in [-0.2, 0) is 9.59 Å². The van der Waals surface area contributed by atoms with Crippen molar-refractivity contribution < 1.29 is 14.7 Å². The van der Waals surface area contributed by atoms with E-state index in [2.05, 4.69) is 5.32 Å². The standard InChI is InChI=1S/C16H25NO3/c1-9(16(19)20)2-3-17-15(18)14-12-5-10-4-11(7-12)8-13(14)6-10/h9-14H,2-8H2,1H3,(H,17,18)(H,19,20). The van der Waals surface area contributed by atoms with E-state index < -0.39 is 5.97 Å². The summed E-state index contributed by atoms with van der Waals surface area (Å²) < 4.78 is 0. The van der Waals surface area contributed by atoms with Gasteiger partial charge in [0.1, 0.15) is 0 Å². The van der Waals surface area contributed by atoms with Crippen molar-refractivity contribution in [1.82, 2.24) is 5.32 Å². The van der Waals surface area contributed by atoms with E-state index in [4.69, 9.17) is 5.11 Å². The summed E-state index contributed by atoms with van der Waals surface area (Å²) in [7, 11) is 0. The summed E-state index contributed by atoms with van der Waals surface area (Å²) in [6.07, 6.45) is 6.91. The normalized spacial score (nSPS) is 39.5. The van der Waals surface area contributed by atoms with E-state index in [1.807, 2.05) is 0 Å². The van der Waals surface area contributed by atoms with E-state index >= 15 is 0 Å². The Morgan fingerprint density at radius 3 is 2.15 bits per heavy atom. The first-order valence-electron chi connectivity index (χ1n) is 8.05. The lowest BCUT2D eigenvalue weighted by molar-refractivity contribution is -0.142. The monoisotopic (exact) mass is 279 g/mol. The number of carbonyl (C=O) groups excluding carboxylic acids is 1. The van der Waals surface area contributed by atoms with Crippen molar-refractivity contribution in [3.8, 4) is 0 Å². The van der Waals surface area contributed by atoms with E-state index in [0.717, 1.165) is 11.8 Å². The van der Waals surface area contributed by atoms with Crippen molar-refractivity contribution >= 4 is 11.9 Å². The number of nitrogens with one attached hydrogen (secondary N) is 1. The smallest absolute Gasteiger partial charge is 0.306 e. The zero-order valence-electron chi connectivity index (χ0n) is 12.2. The quantitative estimate of drug-likeness (QED) is 0.811. The molecule has 0 spiro atoms. The van der Waals surface area contributed by atoms with Gasteiger partial charge in [0.2, 0.25) is 5.91 Å². The lowest BCUT2D eigenvalue weighted by Gasteiger charge is -2.53. The number of hydrogen-bond donors (Lipinski definition) is 2. The van der Waals surface area contributed by atoms with Gasteiger partial charge in [-0.3, -0.25) is 9.59 Å². The van der Waals surface area contributed by atoms with Crippen LogP contribution in [0, 0.1) is 35.5 Å². The Bertz CT molecular complexity index is 379. The highest BCUT2D eigenvalue weighted by molar-refractivity contribution is 5.79. The molecule has 0 aromatic rings. The van der Waals surface area contributed by atoms with E-state index in [1.165, 1.54) is 32.1 Å². The molecule has 0 aliphatic heterocycles. The second-order valence-corrected chi connectivity index (χ2v) is 7.28. The van der Waals surface area contributed by atoms with Gasteiger partial charge in [0.05, 0.1) is 5.92 Å². The summed E-state index contributed by atoms with van der Waals surface area (Å²) in [4.78, 5) is 23.2. The first-order chi connectivity index (χ1) is 9.54. The van der Waals surface area contributed by atoms with Crippen molar-refractivity contribution in [3.63, 3.8) is 0 Å². The van der Waals surface area contributed by atoms with Gasteiger partial charge >= 0.3 is 5.97 Å². The fraction of sp³-hybridized carbons (Fsp3) is 0.875. The summed E-state index contributed by atoms with van der Waals surface area (Å²) in [5, 5.41) is 11.8. The van der Waals surface area contributed by atoms with E-state index in [1.54, 1.807) is 6.92 Å².